The van der Waals surface area contributed by atoms with Gasteiger partial charge >= 0.3 is 5.97 Å². The Bertz CT molecular complexity index is 400. The highest BCUT2D eigenvalue weighted by Crippen LogP contribution is 2.39. The van der Waals surface area contributed by atoms with Crippen LogP contribution in [-0.4, -0.2) is 33.1 Å². The van der Waals surface area contributed by atoms with Gasteiger partial charge in [-0.15, -0.1) is 11.8 Å². The molecule has 5 nitrogen and oxygen atoms in total. The van der Waals surface area contributed by atoms with Crippen LogP contribution in [0.5, 0.6) is 0 Å². The molecule has 0 bridgehead atoms. The van der Waals surface area contributed by atoms with Gasteiger partial charge in [-0.3, -0.25) is 9.69 Å². The Hall–Kier alpha value is -1.01. The first-order valence-electron chi connectivity index (χ1n) is 5.46. The van der Waals surface area contributed by atoms with Gasteiger partial charge < -0.3 is 10.5 Å². The van der Waals surface area contributed by atoms with Crippen LogP contribution < -0.4 is 5.73 Å². The van der Waals surface area contributed by atoms with E-state index in [-0.39, 0.29) is 22.4 Å². The summed E-state index contributed by atoms with van der Waals surface area (Å²) >= 11 is 1.48. The summed E-state index contributed by atoms with van der Waals surface area (Å²) in [5, 5.41) is -0.267. The fourth-order valence-electron chi connectivity index (χ4n) is 1.74. The van der Waals surface area contributed by atoms with Crippen LogP contribution >= 0.6 is 11.8 Å². The van der Waals surface area contributed by atoms with Gasteiger partial charge in [0.1, 0.15) is 11.3 Å². The van der Waals surface area contributed by atoms with Crippen molar-refractivity contribution in [2.45, 2.75) is 43.5 Å². The van der Waals surface area contributed by atoms with Crippen molar-refractivity contribution in [2.75, 3.05) is 0 Å². The number of nitrogens with zero attached hydrogens (tertiary/aromatic N) is 1. The van der Waals surface area contributed by atoms with Crippen LogP contribution in [0.2, 0.25) is 0 Å². The number of nitrogens with two attached hydrogens (primary N) is 1. The Labute approximate surface area is 104 Å². The van der Waals surface area contributed by atoms with Crippen LogP contribution in [0.3, 0.4) is 0 Å². The van der Waals surface area contributed by atoms with Crippen molar-refractivity contribution in [1.82, 2.24) is 4.90 Å². The Kier molecular flexibility index (Phi) is 2.95. The molecule has 17 heavy (non-hydrogen) atoms. The Morgan fingerprint density at radius 1 is 1.59 bits per heavy atom. The summed E-state index contributed by atoms with van der Waals surface area (Å²) in [7, 11) is 0. The molecular formula is C11H16N2O3S. The lowest BCUT2D eigenvalue weighted by molar-refractivity contribution is -0.157. The zero-order chi connectivity index (χ0) is 12.8. The molecule has 0 aromatic rings. The first-order valence-corrected chi connectivity index (χ1v) is 6.40. The van der Waals surface area contributed by atoms with Crippen LogP contribution in [0.4, 0.5) is 0 Å². The van der Waals surface area contributed by atoms with Gasteiger partial charge in [0.05, 0.1) is 17.2 Å². The van der Waals surface area contributed by atoms with Crippen LogP contribution in [0.15, 0.2) is 11.8 Å². The molecule has 6 heteroatoms. The predicted octanol–water partition coefficient (Wildman–Crippen LogP) is 0.802. The van der Waals surface area contributed by atoms with E-state index in [2.05, 4.69) is 0 Å². The molecule has 1 saturated heterocycles. The van der Waals surface area contributed by atoms with Crippen LogP contribution in [0.1, 0.15) is 27.2 Å². The molecule has 2 atom stereocenters. The third-order valence-corrected chi connectivity index (χ3v) is 3.55. The zero-order valence-electron chi connectivity index (χ0n) is 10.1. The average molecular weight is 256 g/mol. The van der Waals surface area contributed by atoms with Crippen molar-refractivity contribution >= 4 is 23.6 Å². The van der Waals surface area contributed by atoms with Crippen LogP contribution in [0, 0.1) is 0 Å². The molecule has 0 spiro atoms. The van der Waals surface area contributed by atoms with E-state index < -0.39 is 11.6 Å². The lowest BCUT2D eigenvalue weighted by Crippen LogP contribution is -2.55. The number of amides is 1. The summed E-state index contributed by atoms with van der Waals surface area (Å²) in [5.74, 6) is -0.530. The van der Waals surface area contributed by atoms with Crippen LogP contribution in [-0.2, 0) is 14.3 Å². The fourth-order valence-corrected chi connectivity index (χ4v) is 2.90. The number of esters is 1. The summed E-state index contributed by atoms with van der Waals surface area (Å²) in [6.07, 6.45) is 2.03. The second kappa shape index (κ2) is 4.03. The van der Waals surface area contributed by atoms with Gasteiger partial charge in [0.15, 0.2) is 0 Å². The third-order valence-electron chi connectivity index (χ3n) is 2.41. The molecule has 2 heterocycles. The lowest BCUT2D eigenvalue weighted by Gasteiger charge is -2.44. The summed E-state index contributed by atoms with van der Waals surface area (Å²) in [6.45, 7) is 5.37. The second-order valence-electron chi connectivity index (χ2n) is 5.08. The van der Waals surface area contributed by atoms with Gasteiger partial charge in [0.25, 0.3) is 0 Å². The Morgan fingerprint density at radius 3 is 2.76 bits per heavy atom. The van der Waals surface area contributed by atoms with Crippen molar-refractivity contribution in [3.63, 3.8) is 0 Å². The van der Waals surface area contributed by atoms with E-state index in [1.807, 2.05) is 0 Å². The maximum absolute atomic E-state index is 11.9. The van der Waals surface area contributed by atoms with Gasteiger partial charge in [-0.05, 0) is 26.8 Å². The van der Waals surface area contributed by atoms with Crippen molar-refractivity contribution in [1.29, 1.82) is 0 Å². The summed E-state index contributed by atoms with van der Waals surface area (Å²) in [5.41, 5.74) is 5.51. The highest BCUT2D eigenvalue weighted by atomic mass is 32.2. The number of fused-ring (bicyclic) bond motifs is 1. The Morgan fingerprint density at radius 2 is 2.24 bits per heavy atom. The number of ether oxygens (including phenoxy) is 1. The number of rotatable bonds is 1. The summed E-state index contributed by atoms with van der Waals surface area (Å²) in [6, 6.07) is 0. The molecule has 0 saturated carbocycles. The maximum Gasteiger partial charge on any atom is 0.355 e. The molecule has 2 aliphatic rings. The van der Waals surface area contributed by atoms with Gasteiger partial charge in [-0.2, -0.15) is 0 Å². The number of carbonyl (C=O) groups is 2. The molecule has 0 radical (unpaired) electrons. The van der Waals surface area contributed by atoms with Crippen LogP contribution in [0.25, 0.3) is 0 Å². The van der Waals surface area contributed by atoms with E-state index in [1.54, 1.807) is 26.8 Å². The second-order valence-corrected chi connectivity index (χ2v) is 6.44. The first kappa shape index (κ1) is 12.4. The molecule has 2 N–H and O–H groups in total. The number of β-lactam (4-membered cyclic amide) rings is 1. The number of thioether (sulfide) groups is 1. The normalized spacial score (nSPS) is 28.1. The molecule has 2 aliphatic heterocycles. The minimum absolute atomic E-state index is 0.00924. The predicted molar refractivity (Wildman–Crippen MR) is 64.7 cm³/mol. The first-order chi connectivity index (χ1) is 7.78. The summed E-state index contributed by atoms with van der Waals surface area (Å²) in [4.78, 5) is 24.9. The number of hydrogen-bond donors (Lipinski definition) is 1. The van der Waals surface area contributed by atoms with Crippen molar-refractivity contribution in [3.05, 3.63) is 11.8 Å². The van der Waals surface area contributed by atoms with E-state index >= 15 is 0 Å². The number of hydrogen-bond acceptors (Lipinski definition) is 5. The van der Waals surface area contributed by atoms with Gasteiger partial charge in [0, 0.05) is 0 Å². The minimum Gasteiger partial charge on any atom is -0.455 e. The molecule has 94 valence electrons. The van der Waals surface area contributed by atoms with Crippen molar-refractivity contribution in [3.8, 4) is 0 Å². The quantitative estimate of drug-likeness (QED) is 0.555. The maximum atomic E-state index is 11.9. The topological polar surface area (TPSA) is 72.6 Å². The smallest absolute Gasteiger partial charge is 0.355 e. The van der Waals surface area contributed by atoms with Gasteiger partial charge in [-0.1, -0.05) is 0 Å². The van der Waals surface area contributed by atoms with E-state index in [1.165, 1.54) is 16.7 Å². The molecule has 0 aliphatic carbocycles. The van der Waals surface area contributed by atoms with E-state index in [0.29, 0.717) is 6.42 Å². The SMILES string of the molecule is CC(C)(C)OC(=O)C1=CC(N)S[C@@H]2CC(=O)N12. The van der Waals surface area contributed by atoms with E-state index in [4.69, 9.17) is 10.5 Å². The van der Waals surface area contributed by atoms with Crippen molar-refractivity contribution in [2.24, 2.45) is 5.73 Å². The molecule has 0 aromatic heterocycles. The third kappa shape index (κ3) is 2.47. The molecule has 2 rings (SSSR count). The minimum atomic E-state index is -0.573. The van der Waals surface area contributed by atoms with Crippen molar-refractivity contribution < 1.29 is 14.3 Å². The monoisotopic (exact) mass is 256 g/mol. The number of carbonyl (C=O) groups excluding carboxylic acids is 2. The lowest BCUT2D eigenvalue weighted by atomic mass is 10.1. The van der Waals surface area contributed by atoms with Gasteiger partial charge in [0.2, 0.25) is 5.91 Å². The molecule has 0 aromatic carbocycles. The molecular weight excluding hydrogens is 240 g/mol. The molecule has 1 unspecified atom stereocenters. The van der Waals surface area contributed by atoms with E-state index in [0.717, 1.165) is 0 Å². The highest BCUT2D eigenvalue weighted by Gasteiger charge is 2.45. The largest absolute Gasteiger partial charge is 0.455 e. The van der Waals surface area contributed by atoms with Gasteiger partial charge in [-0.25, -0.2) is 4.79 Å². The molecule has 1 amide bonds. The molecule has 1 fully saturated rings. The highest BCUT2D eigenvalue weighted by molar-refractivity contribution is 8.00. The zero-order valence-corrected chi connectivity index (χ0v) is 10.9. The fraction of sp³-hybridized carbons (Fsp3) is 0.636. The standard InChI is InChI=1S/C11H16N2O3S/c1-11(2,3)16-10(15)6-4-7(12)17-9-5-8(14)13(6)9/h4,7,9H,5,12H2,1-3H3/t7?,9-/m1/s1. The average Bonchev–Trinajstić information content (AvgIpc) is 2.12. The summed E-state index contributed by atoms with van der Waals surface area (Å²) < 4.78 is 5.26. The van der Waals surface area contributed by atoms with E-state index in [9.17, 15) is 9.59 Å². The Balaban J connectivity index is 2.18.